The van der Waals surface area contributed by atoms with Gasteiger partial charge in [0.1, 0.15) is 0 Å². The van der Waals surface area contributed by atoms with E-state index in [0.717, 1.165) is 48.6 Å². The molecule has 2 aliphatic heterocycles. The molecule has 0 bridgehead atoms. The fraction of sp³-hybridized carbons (Fsp3) is 0.450. The highest BCUT2D eigenvalue weighted by molar-refractivity contribution is 5.98. The van der Waals surface area contributed by atoms with Crippen molar-refractivity contribution in [3.63, 3.8) is 0 Å². The summed E-state index contributed by atoms with van der Waals surface area (Å²) in [6.07, 6.45) is 5.64. The largest absolute Gasteiger partial charge is 0.493 e. The van der Waals surface area contributed by atoms with Crippen LogP contribution in [0.5, 0.6) is 11.5 Å². The molecule has 0 saturated heterocycles. The summed E-state index contributed by atoms with van der Waals surface area (Å²) in [5.41, 5.74) is 6.01. The van der Waals surface area contributed by atoms with Gasteiger partial charge in [-0.25, -0.2) is 0 Å². The molecule has 1 atom stereocenters. The first kappa shape index (κ1) is 15.3. The maximum absolute atomic E-state index is 12.7. The van der Waals surface area contributed by atoms with Crippen molar-refractivity contribution >= 4 is 5.78 Å². The van der Waals surface area contributed by atoms with Gasteiger partial charge >= 0.3 is 0 Å². The minimum absolute atomic E-state index is 0.113. The smallest absolute Gasteiger partial charge is 0.163 e. The molecule has 3 aliphatic rings. The lowest BCUT2D eigenvalue weighted by molar-refractivity contribution is -0.118. The highest BCUT2D eigenvalue weighted by Gasteiger charge is 2.38. The number of benzene rings is 1. The van der Waals surface area contributed by atoms with E-state index >= 15 is 0 Å². The molecule has 0 amide bonds. The minimum atomic E-state index is 0.113. The van der Waals surface area contributed by atoms with Crippen molar-refractivity contribution in [3.8, 4) is 11.5 Å². The molecule has 1 aliphatic carbocycles. The molecular weight excluding hydrogens is 302 g/mol. The summed E-state index contributed by atoms with van der Waals surface area (Å²) >= 11 is 0. The van der Waals surface area contributed by atoms with Crippen LogP contribution in [0.15, 0.2) is 35.1 Å². The van der Waals surface area contributed by atoms with Gasteiger partial charge in [0.05, 0.1) is 20.3 Å². The number of carbonyl (C=O) groups excluding carboxylic acids is 1. The van der Waals surface area contributed by atoms with Crippen LogP contribution in [0.25, 0.3) is 0 Å². The molecule has 4 heteroatoms. The Balaban J connectivity index is 1.81. The normalized spacial score (nSPS) is 22.5. The van der Waals surface area contributed by atoms with Crippen molar-refractivity contribution in [3.05, 3.63) is 46.2 Å². The molecule has 0 saturated carbocycles. The molecule has 1 aromatic carbocycles. The monoisotopic (exact) mass is 325 g/mol. The number of ketones is 1. The third-order valence-electron chi connectivity index (χ3n) is 5.49. The lowest BCUT2D eigenvalue weighted by atomic mass is 9.80. The van der Waals surface area contributed by atoms with Crippen LogP contribution < -0.4 is 9.47 Å². The predicted molar refractivity (Wildman–Crippen MR) is 92.3 cm³/mol. The first-order valence-corrected chi connectivity index (χ1v) is 8.57. The van der Waals surface area contributed by atoms with Crippen LogP contribution in [0, 0.1) is 0 Å². The van der Waals surface area contributed by atoms with Gasteiger partial charge in [0.2, 0.25) is 0 Å². The summed E-state index contributed by atoms with van der Waals surface area (Å²) in [4.78, 5) is 15.1. The first-order valence-electron chi connectivity index (χ1n) is 8.57. The lowest BCUT2D eigenvalue weighted by Gasteiger charge is -2.44. The predicted octanol–water partition coefficient (Wildman–Crippen LogP) is 3.57. The van der Waals surface area contributed by atoms with Crippen LogP contribution in [0.4, 0.5) is 0 Å². The standard InChI is InChI=1S/C20H23NO3/c1-12-4-5-14-16(8-12)21-7-6-13-9-19(23-2)20(24-3)10-15(13)17(21)11-18(14)22/h8-10,17H,4-7,11H2,1-3H3. The quantitative estimate of drug-likeness (QED) is 0.833. The molecule has 0 fully saturated rings. The van der Waals surface area contributed by atoms with E-state index in [-0.39, 0.29) is 6.04 Å². The van der Waals surface area contributed by atoms with E-state index < -0.39 is 0 Å². The van der Waals surface area contributed by atoms with Crippen molar-refractivity contribution in [1.29, 1.82) is 0 Å². The van der Waals surface area contributed by atoms with Crippen molar-refractivity contribution in [2.75, 3.05) is 20.8 Å². The Hall–Kier alpha value is -2.23. The molecule has 0 radical (unpaired) electrons. The zero-order chi connectivity index (χ0) is 16.8. The van der Waals surface area contributed by atoms with Crippen molar-refractivity contribution < 1.29 is 14.3 Å². The number of Topliss-reactive ketones (excluding diaryl/α,β-unsaturated/α-hetero) is 1. The summed E-state index contributed by atoms with van der Waals surface area (Å²) in [6, 6.07) is 4.24. The van der Waals surface area contributed by atoms with Crippen molar-refractivity contribution in [1.82, 2.24) is 4.90 Å². The highest BCUT2D eigenvalue weighted by atomic mass is 16.5. The van der Waals surface area contributed by atoms with Crippen molar-refractivity contribution in [2.45, 2.75) is 38.6 Å². The average molecular weight is 325 g/mol. The summed E-state index contributed by atoms with van der Waals surface area (Å²) in [5, 5.41) is 0. The number of methoxy groups -OCH3 is 2. The zero-order valence-corrected chi connectivity index (χ0v) is 14.5. The second-order valence-corrected chi connectivity index (χ2v) is 6.85. The van der Waals surface area contributed by atoms with Crippen LogP contribution in [0.3, 0.4) is 0 Å². The number of carbonyl (C=O) groups is 1. The van der Waals surface area contributed by atoms with Crippen LogP contribution in [-0.4, -0.2) is 31.4 Å². The fourth-order valence-corrected chi connectivity index (χ4v) is 4.22. The Morgan fingerprint density at radius 1 is 1.08 bits per heavy atom. The van der Waals surface area contributed by atoms with E-state index in [1.807, 2.05) is 0 Å². The third-order valence-corrected chi connectivity index (χ3v) is 5.49. The molecule has 126 valence electrons. The van der Waals surface area contributed by atoms with Crippen LogP contribution in [0.2, 0.25) is 0 Å². The van der Waals surface area contributed by atoms with E-state index in [1.165, 1.54) is 16.7 Å². The molecule has 4 nitrogen and oxygen atoms in total. The summed E-state index contributed by atoms with van der Waals surface area (Å²) in [5.74, 6) is 1.80. The van der Waals surface area contributed by atoms with E-state index in [1.54, 1.807) is 14.2 Å². The second kappa shape index (κ2) is 5.69. The van der Waals surface area contributed by atoms with Gasteiger partial charge in [0.25, 0.3) is 0 Å². The molecule has 4 rings (SSSR count). The van der Waals surface area contributed by atoms with E-state index in [4.69, 9.17) is 9.47 Å². The Morgan fingerprint density at radius 2 is 1.83 bits per heavy atom. The van der Waals surface area contributed by atoms with Crippen LogP contribution >= 0.6 is 0 Å². The van der Waals surface area contributed by atoms with Gasteiger partial charge in [-0.3, -0.25) is 4.79 Å². The molecule has 2 heterocycles. The molecule has 0 spiro atoms. The van der Waals surface area contributed by atoms with E-state index in [2.05, 4.69) is 30.0 Å². The van der Waals surface area contributed by atoms with Gasteiger partial charge < -0.3 is 14.4 Å². The lowest BCUT2D eigenvalue weighted by Crippen LogP contribution is -2.41. The number of allylic oxidation sites excluding steroid dienone is 3. The molecule has 0 aromatic heterocycles. The van der Waals surface area contributed by atoms with Crippen LogP contribution in [0.1, 0.15) is 43.4 Å². The molecule has 1 unspecified atom stereocenters. The molecule has 24 heavy (non-hydrogen) atoms. The maximum Gasteiger partial charge on any atom is 0.163 e. The zero-order valence-electron chi connectivity index (χ0n) is 14.5. The Labute approximate surface area is 142 Å². The van der Waals surface area contributed by atoms with Gasteiger partial charge in [0, 0.05) is 24.2 Å². The third kappa shape index (κ3) is 2.24. The Kier molecular flexibility index (Phi) is 3.63. The summed E-state index contributed by atoms with van der Waals surface area (Å²) in [6.45, 7) is 3.10. The Bertz CT molecular complexity index is 775. The fourth-order valence-electron chi connectivity index (χ4n) is 4.22. The highest BCUT2D eigenvalue weighted by Crippen LogP contribution is 2.45. The first-order chi connectivity index (χ1) is 11.6. The van der Waals surface area contributed by atoms with Gasteiger partial charge in [-0.2, -0.15) is 0 Å². The number of hydrogen-bond acceptors (Lipinski definition) is 4. The van der Waals surface area contributed by atoms with E-state index in [0.29, 0.717) is 12.2 Å². The van der Waals surface area contributed by atoms with Gasteiger partial charge in [-0.1, -0.05) is 5.57 Å². The van der Waals surface area contributed by atoms with E-state index in [9.17, 15) is 4.79 Å². The van der Waals surface area contributed by atoms with Gasteiger partial charge in [-0.05, 0) is 55.5 Å². The average Bonchev–Trinajstić information content (AvgIpc) is 2.60. The van der Waals surface area contributed by atoms with Gasteiger partial charge in [0.15, 0.2) is 17.3 Å². The molecular formula is C20H23NO3. The maximum atomic E-state index is 12.7. The number of ether oxygens (including phenoxy) is 2. The molecule has 1 aromatic rings. The topological polar surface area (TPSA) is 38.8 Å². The Morgan fingerprint density at radius 3 is 2.58 bits per heavy atom. The van der Waals surface area contributed by atoms with Gasteiger partial charge in [-0.15, -0.1) is 0 Å². The number of fused-ring (bicyclic) bond motifs is 4. The number of hydrogen-bond donors (Lipinski definition) is 0. The number of nitrogens with zero attached hydrogens (tertiary/aromatic N) is 1. The summed E-state index contributed by atoms with van der Waals surface area (Å²) in [7, 11) is 3.32. The summed E-state index contributed by atoms with van der Waals surface area (Å²) < 4.78 is 10.9. The molecule has 0 N–H and O–H groups in total. The van der Waals surface area contributed by atoms with Crippen molar-refractivity contribution in [2.24, 2.45) is 0 Å². The minimum Gasteiger partial charge on any atom is -0.493 e. The second-order valence-electron chi connectivity index (χ2n) is 6.85. The number of rotatable bonds is 2. The van der Waals surface area contributed by atoms with Crippen LogP contribution in [-0.2, 0) is 11.2 Å². The SMILES string of the molecule is COc1cc2c(cc1OC)C1CC(=O)C3=C(C=C(C)CC3)N1CC2.